The molecule has 0 aromatic heterocycles. The monoisotopic (exact) mass is 904 g/mol. The van der Waals surface area contributed by atoms with Crippen molar-refractivity contribution in [2.75, 3.05) is 0 Å². The van der Waals surface area contributed by atoms with Crippen LogP contribution in [0.25, 0.3) is 0 Å². The Kier molecular flexibility index (Phi) is 18.9. The maximum Gasteiger partial charge on any atom is 0 e. The van der Waals surface area contributed by atoms with Gasteiger partial charge in [0.05, 0.1) is 0 Å². The van der Waals surface area contributed by atoms with Crippen LogP contribution in [0.2, 0.25) is 0 Å². The molecule has 0 aliphatic carbocycles. The maximum absolute atomic E-state index is 2.23. The Hall–Kier alpha value is -5.11. The summed E-state index contributed by atoms with van der Waals surface area (Å²) in [4.78, 5) is 0. The minimum Gasteiger partial charge on any atom is -0.358 e. The average molecular weight is 905 g/mol. The van der Waals surface area contributed by atoms with Gasteiger partial charge in [-0.15, -0.1) is 0 Å². The zero-order valence-electron chi connectivity index (χ0n) is 33.2. The standard InChI is InChI=1S/3C18H15P.CH3.Rh/c3*1-4-10-16(11-5-1)19(17-12-6-2-7-13-17)18-14-8-3-9-15-18;;/h3*1-15H;1H3;/q;;;-1;. The largest absolute Gasteiger partial charge is 0.358 e. The normalized spacial score (nSPS) is 10.2. The molecule has 0 spiro atoms. The molecule has 0 saturated heterocycles. The number of rotatable bonds is 9. The Balaban J connectivity index is 0.000000165. The third kappa shape index (κ3) is 12.9. The fourth-order valence-corrected chi connectivity index (χ4v) is 13.5. The van der Waals surface area contributed by atoms with Crippen LogP contribution in [0.4, 0.5) is 0 Å². The van der Waals surface area contributed by atoms with Crippen molar-refractivity contribution < 1.29 is 19.5 Å². The first-order chi connectivity index (χ1) is 28.3. The van der Waals surface area contributed by atoms with Gasteiger partial charge in [0, 0.05) is 19.5 Å². The van der Waals surface area contributed by atoms with Crippen molar-refractivity contribution in [1.29, 1.82) is 0 Å². The van der Waals surface area contributed by atoms with Crippen molar-refractivity contribution in [2.24, 2.45) is 0 Å². The molecule has 0 nitrogen and oxygen atoms in total. The van der Waals surface area contributed by atoms with Crippen LogP contribution < -0.4 is 47.7 Å². The van der Waals surface area contributed by atoms with Crippen molar-refractivity contribution in [3.8, 4) is 0 Å². The predicted octanol–water partition coefficient (Wildman–Crippen LogP) is 10.8. The zero-order valence-corrected chi connectivity index (χ0v) is 37.5. The SMILES string of the molecule is [CH3-].[Rh].c1ccc(P(c2ccccc2)c2ccccc2)cc1.c1ccc(P(c2ccccc2)c2ccccc2)cc1.c1ccc(P(c2ccccc2)c2ccccc2)cc1. The quantitative estimate of drug-likeness (QED) is 0.0769. The molecule has 59 heavy (non-hydrogen) atoms. The van der Waals surface area contributed by atoms with Crippen molar-refractivity contribution in [3.63, 3.8) is 0 Å². The van der Waals surface area contributed by atoms with Crippen molar-refractivity contribution in [3.05, 3.63) is 280 Å². The van der Waals surface area contributed by atoms with E-state index in [9.17, 15) is 0 Å². The van der Waals surface area contributed by atoms with E-state index in [1.165, 1.54) is 47.7 Å². The molecule has 0 fully saturated rings. The molecule has 293 valence electrons. The molecule has 0 aliphatic heterocycles. The molecular weight excluding hydrogens is 856 g/mol. The van der Waals surface area contributed by atoms with Gasteiger partial charge in [-0.3, -0.25) is 0 Å². The molecule has 4 heteroatoms. The van der Waals surface area contributed by atoms with E-state index in [1.54, 1.807) is 0 Å². The van der Waals surface area contributed by atoms with E-state index in [-0.39, 0.29) is 26.9 Å². The van der Waals surface area contributed by atoms with E-state index >= 15 is 0 Å². The Labute approximate surface area is 369 Å². The van der Waals surface area contributed by atoms with Crippen LogP contribution in [-0.2, 0) is 19.5 Å². The van der Waals surface area contributed by atoms with Gasteiger partial charge in [0.2, 0.25) is 0 Å². The third-order valence-electron chi connectivity index (χ3n) is 9.13. The Bertz CT molecular complexity index is 1860. The van der Waals surface area contributed by atoms with Gasteiger partial charge in [-0.1, -0.05) is 273 Å². The molecule has 0 bridgehead atoms. The number of benzene rings is 9. The molecule has 9 aromatic rings. The summed E-state index contributed by atoms with van der Waals surface area (Å²) in [7, 11) is -1.34. The summed E-state index contributed by atoms with van der Waals surface area (Å²) < 4.78 is 0. The second-order valence-electron chi connectivity index (χ2n) is 13.0. The average Bonchev–Trinajstić information content (AvgIpc) is 3.30. The molecule has 9 aromatic carbocycles. The summed E-state index contributed by atoms with van der Waals surface area (Å²) >= 11 is 0. The summed E-state index contributed by atoms with van der Waals surface area (Å²) in [5.74, 6) is 0. The van der Waals surface area contributed by atoms with E-state index in [1.807, 2.05) is 0 Å². The van der Waals surface area contributed by atoms with Gasteiger partial charge in [0.1, 0.15) is 0 Å². The van der Waals surface area contributed by atoms with E-state index in [4.69, 9.17) is 0 Å². The number of hydrogen-bond donors (Lipinski definition) is 0. The van der Waals surface area contributed by atoms with Crippen LogP contribution in [0.5, 0.6) is 0 Å². The Morgan fingerprint density at radius 2 is 0.237 bits per heavy atom. The van der Waals surface area contributed by atoms with E-state index in [0.29, 0.717) is 0 Å². The predicted molar refractivity (Wildman–Crippen MR) is 262 cm³/mol. The summed E-state index contributed by atoms with van der Waals surface area (Å²) in [6, 6.07) is 97.0. The summed E-state index contributed by atoms with van der Waals surface area (Å²) in [6.45, 7) is 0. The summed E-state index contributed by atoms with van der Waals surface area (Å²) in [6.07, 6.45) is 0. The van der Waals surface area contributed by atoms with E-state index in [0.717, 1.165) is 0 Å². The summed E-state index contributed by atoms with van der Waals surface area (Å²) in [5, 5.41) is 12.6. The second-order valence-corrected chi connectivity index (χ2v) is 19.7. The van der Waals surface area contributed by atoms with Crippen LogP contribution in [-0.4, -0.2) is 0 Å². The fraction of sp³-hybridized carbons (Fsp3) is 0. The van der Waals surface area contributed by atoms with Crippen molar-refractivity contribution in [2.45, 2.75) is 0 Å². The van der Waals surface area contributed by atoms with Crippen LogP contribution in [0.1, 0.15) is 0 Å². The van der Waals surface area contributed by atoms with Gasteiger partial charge in [-0.2, -0.15) is 0 Å². The molecule has 0 N–H and O–H groups in total. The summed E-state index contributed by atoms with van der Waals surface area (Å²) in [5.41, 5.74) is 0. The molecule has 0 unspecified atom stereocenters. The minimum absolute atomic E-state index is 0. The fourth-order valence-electron chi connectivity index (χ4n) is 6.54. The van der Waals surface area contributed by atoms with Crippen LogP contribution in [0.15, 0.2) is 273 Å². The molecule has 0 atom stereocenters. The molecule has 0 heterocycles. The van der Waals surface area contributed by atoms with Gasteiger partial charge < -0.3 is 7.43 Å². The maximum atomic E-state index is 2.23. The van der Waals surface area contributed by atoms with E-state index in [2.05, 4.69) is 273 Å². The third-order valence-corrected chi connectivity index (χ3v) is 16.5. The Morgan fingerprint density at radius 3 is 0.322 bits per heavy atom. The van der Waals surface area contributed by atoms with Crippen molar-refractivity contribution >= 4 is 71.5 Å². The first-order valence-corrected chi connectivity index (χ1v) is 23.2. The van der Waals surface area contributed by atoms with Gasteiger partial charge >= 0.3 is 0 Å². The molecule has 1 radical (unpaired) electrons. The topological polar surface area (TPSA) is 0 Å². The van der Waals surface area contributed by atoms with E-state index < -0.39 is 23.8 Å². The molecule has 0 saturated carbocycles. The second kappa shape index (κ2) is 24.7. The van der Waals surface area contributed by atoms with Crippen LogP contribution in [0, 0.1) is 7.43 Å². The van der Waals surface area contributed by atoms with Gasteiger partial charge in [-0.05, 0) is 71.5 Å². The molecule has 9 rings (SSSR count). The first-order valence-electron chi connectivity index (χ1n) is 19.2. The molecular formula is C55H48P3Rh-. The van der Waals surface area contributed by atoms with Crippen LogP contribution in [0.3, 0.4) is 0 Å². The van der Waals surface area contributed by atoms with Gasteiger partial charge in [0.15, 0.2) is 0 Å². The van der Waals surface area contributed by atoms with Gasteiger partial charge in [-0.25, -0.2) is 0 Å². The number of hydrogen-bond acceptors (Lipinski definition) is 0. The van der Waals surface area contributed by atoms with Crippen molar-refractivity contribution in [1.82, 2.24) is 0 Å². The zero-order chi connectivity index (χ0) is 38.7. The molecule has 0 amide bonds. The Morgan fingerprint density at radius 1 is 0.153 bits per heavy atom. The smallest absolute Gasteiger partial charge is 0 e. The van der Waals surface area contributed by atoms with Crippen LogP contribution >= 0.6 is 23.8 Å². The minimum atomic E-state index is -0.446. The van der Waals surface area contributed by atoms with Gasteiger partial charge in [0.25, 0.3) is 0 Å². The first kappa shape index (κ1) is 45.0. The molecule has 0 aliphatic rings.